The molecule has 72 valence electrons. The molecule has 3 heteroatoms. The third-order valence-electron chi connectivity index (χ3n) is 2.80. The Labute approximate surface area is 92.6 Å². The first kappa shape index (κ1) is 8.81. The second-order valence-electron chi connectivity index (χ2n) is 3.69. The van der Waals surface area contributed by atoms with Crippen molar-refractivity contribution >= 4 is 34.1 Å². The van der Waals surface area contributed by atoms with E-state index >= 15 is 0 Å². The molecule has 1 unspecified atom stereocenters. The molecule has 0 aliphatic carbocycles. The Hall–Kier alpha value is -0.470. The van der Waals surface area contributed by atoms with Crippen LogP contribution in [0.4, 0.5) is 5.69 Å². The normalized spacial score (nSPS) is 29.4. The second-order valence-corrected chi connectivity index (χ2v) is 5.42. The number of benzene rings is 1. The topological polar surface area (TPSA) is 12.4 Å². The van der Waals surface area contributed by atoms with E-state index in [0.29, 0.717) is 0 Å². The van der Waals surface area contributed by atoms with Gasteiger partial charge in [0.25, 0.3) is 0 Å². The van der Waals surface area contributed by atoms with E-state index in [-0.39, 0.29) is 4.87 Å². The van der Waals surface area contributed by atoms with E-state index in [4.69, 9.17) is 11.6 Å². The number of nitrogens with zero attached hydrogens (tertiary/aromatic N) is 1. The maximum Gasteiger partial charge on any atom is 0.120 e. The summed E-state index contributed by atoms with van der Waals surface area (Å²) in [7, 11) is 0. The lowest BCUT2D eigenvalue weighted by atomic mass is 9.95. The largest absolute Gasteiger partial charge is 0.244 e. The maximum absolute atomic E-state index is 6.65. The molecule has 1 atom stereocenters. The van der Waals surface area contributed by atoms with Crippen molar-refractivity contribution in [2.24, 2.45) is 4.99 Å². The van der Waals surface area contributed by atoms with E-state index in [9.17, 15) is 0 Å². The summed E-state index contributed by atoms with van der Waals surface area (Å²) < 4.78 is 0. The first-order valence-corrected chi connectivity index (χ1v) is 6.17. The molecule has 0 saturated carbocycles. The highest BCUT2D eigenvalue weighted by molar-refractivity contribution is 8.14. The summed E-state index contributed by atoms with van der Waals surface area (Å²) >= 11 is 8.46. The summed E-state index contributed by atoms with van der Waals surface area (Å²) in [5, 5.41) is 1.10. The van der Waals surface area contributed by atoms with Crippen molar-refractivity contribution in [2.75, 3.05) is 5.75 Å². The van der Waals surface area contributed by atoms with Gasteiger partial charge in [0.15, 0.2) is 0 Å². The molecule has 1 nitrogen and oxygen atoms in total. The molecule has 0 radical (unpaired) electrons. The van der Waals surface area contributed by atoms with Crippen LogP contribution in [-0.2, 0) is 4.87 Å². The van der Waals surface area contributed by atoms with Crippen LogP contribution in [0.5, 0.6) is 0 Å². The molecule has 1 saturated heterocycles. The first-order chi connectivity index (χ1) is 6.81. The molecule has 3 rings (SSSR count). The van der Waals surface area contributed by atoms with Crippen molar-refractivity contribution in [1.29, 1.82) is 0 Å². The lowest BCUT2D eigenvalue weighted by Gasteiger charge is -2.28. The summed E-state index contributed by atoms with van der Waals surface area (Å²) in [5.41, 5.74) is 2.26. The van der Waals surface area contributed by atoms with E-state index in [2.05, 4.69) is 11.1 Å². The van der Waals surface area contributed by atoms with Crippen molar-refractivity contribution < 1.29 is 0 Å². The van der Waals surface area contributed by atoms with Crippen LogP contribution in [0.1, 0.15) is 18.4 Å². The molecule has 0 amide bonds. The van der Waals surface area contributed by atoms with Crippen LogP contribution in [0.2, 0.25) is 0 Å². The fourth-order valence-electron chi connectivity index (χ4n) is 2.09. The van der Waals surface area contributed by atoms with Crippen LogP contribution < -0.4 is 0 Å². The Morgan fingerprint density at radius 2 is 2.21 bits per heavy atom. The minimum Gasteiger partial charge on any atom is -0.244 e. The monoisotopic (exact) mass is 223 g/mol. The van der Waals surface area contributed by atoms with E-state index in [1.807, 2.05) is 30.0 Å². The number of alkyl halides is 1. The van der Waals surface area contributed by atoms with Crippen molar-refractivity contribution in [1.82, 2.24) is 0 Å². The lowest BCUT2D eigenvalue weighted by Crippen LogP contribution is -2.28. The molecule has 0 N–H and O–H groups in total. The SMILES string of the molecule is ClC12CCCSC1=Nc1ccccc12. The molecule has 2 aliphatic rings. The van der Waals surface area contributed by atoms with Gasteiger partial charge in [-0.3, -0.25) is 0 Å². The number of halogens is 1. The van der Waals surface area contributed by atoms with Crippen LogP contribution in [0, 0.1) is 0 Å². The Kier molecular flexibility index (Phi) is 1.89. The van der Waals surface area contributed by atoms with Crippen molar-refractivity contribution in [3.8, 4) is 0 Å². The number of hydrogen-bond acceptors (Lipinski definition) is 2. The van der Waals surface area contributed by atoms with Gasteiger partial charge < -0.3 is 0 Å². The number of para-hydroxylation sites is 1. The molecule has 1 aromatic carbocycles. The van der Waals surface area contributed by atoms with Gasteiger partial charge in [0.05, 0.1) is 10.7 Å². The number of aliphatic imine (C=N–C) groups is 1. The highest BCUT2D eigenvalue weighted by Crippen LogP contribution is 2.51. The van der Waals surface area contributed by atoms with E-state index in [1.54, 1.807) is 0 Å². The standard InChI is InChI=1S/C11H10ClNS/c12-11-6-3-7-14-10(11)13-9-5-2-1-4-8(9)11/h1-2,4-5H,3,6-7H2. The summed E-state index contributed by atoms with van der Waals surface area (Å²) in [4.78, 5) is 4.30. The van der Waals surface area contributed by atoms with Gasteiger partial charge in [0.2, 0.25) is 0 Å². The molecule has 1 aromatic rings. The van der Waals surface area contributed by atoms with Crippen LogP contribution in [0.25, 0.3) is 0 Å². The van der Waals surface area contributed by atoms with E-state index in [1.165, 1.54) is 12.0 Å². The third-order valence-corrected chi connectivity index (χ3v) is 4.69. The van der Waals surface area contributed by atoms with Gasteiger partial charge >= 0.3 is 0 Å². The Balaban J connectivity index is 2.18. The molecule has 0 bridgehead atoms. The van der Waals surface area contributed by atoms with Crippen LogP contribution >= 0.6 is 23.4 Å². The zero-order valence-electron chi connectivity index (χ0n) is 7.66. The quantitative estimate of drug-likeness (QED) is 0.611. The zero-order valence-corrected chi connectivity index (χ0v) is 9.24. The van der Waals surface area contributed by atoms with Crippen molar-refractivity contribution in [3.05, 3.63) is 29.8 Å². The highest BCUT2D eigenvalue weighted by atomic mass is 35.5. The summed E-state index contributed by atoms with van der Waals surface area (Å²) in [6, 6.07) is 8.21. The van der Waals surface area contributed by atoms with Crippen LogP contribution in [0.3, 0.4) is 0 Å². The number of hydrogen-bond donors (Lipinski definition) is 0. The molecule has 0 spiro atoms. The van der Waals surface area contributed by atoms with Gasteiger partial charge in [-0.2, -0.15) is 0 Å². The summed E-state index contributed by atoms with van der Waals surface area (Å²) in [6.07, 6.45) is 2.21. The highest BCUT2D eigenvalue weighted by Gasteiger charge is 2.43. The van der Waals surface area contributed by atoms with Crippen LogP contribution in [-0.4, -0.2) is 10.8 Å². The van der Waals surface area contributed by atoms with Gasteiger partial charge in [0.1, 0.15) is 4.87 Å². The number of rotatable bonds is 0. The molecule has 1 fully saturated rings. The Bertz CT molecular complexity index is 416. The molecule has 0 aromatic heterocycles. The summed E-state index contributed by atoms with van der Waals surface area (Å²) in [5.74, 6) is 1.15. The predicted molar refractivity (Wildman–Crippen MR) is 62.8 cm³/mol. The molecule has 2 aliphatic heterocycles. The van der Waals surface area contributed by atoms with Crippen molar-refractivity contribution in [3.63, 3.8) is 0 Å². The average molecular weight is 224 g/mol. The molecule has 2 heterocycles. The average Bonchev–Trinajstić information content (AvgIpc) is 2.51. The first-order valence-electron chi connectivity index (χ1n) is 4.81. The van der Waals surface area contributed by atoms with E-state index < -0.39 is 0 Å². The predicted octanol–water partition coefficient (Wildman–Crippen LogP) is 3.69. The second kappa shape index (κ2) is 3.01. The smallest absolute Gasteiger partial charge is 0.120 e. The minimum atomic E-state index is -0.292. The molecular weight excluding hydrogens is 214 g/mol. The van der Waals surface area contributed by atoms with Gasteiger partial charge in [0, 0.05) is 5.56 Å². The van der Waals surface area contributed by atoms with Gasteiger partial charge in [-0.15, -0.1) is 23.4 Å². The minimum absolute atomic E-state index is 0.292. The van der Waals surface area contributed by atoms with Gasteiger partial charge in [-0.25, -0.2) is 4.99 Å². The molecular formula is C11H10ClNS. The Morgan fingerprint density at radius 3 is 3.14 bits per heavy atom. The number of fused-ring (bicyclic) bond motifs is 3. The number of thioether (sulfide) groups is 1. The lowest BCUT2D eigenvalue weighted by molar-refractivity contribution is 0.700. The fraction of sp³-hybridized carbons (Fsp3) is 0.364. The molecule has 14 heavy (non-hydrogen) atoms. The fourth-order valence-corrected chi connectivity index (χ4v) is 3.68. The summed E-state index contributed by atoms with van der Waals surface area (Å²) in [6.45, 7) is 0. The van der Waals surface area contributed by atoms with Crippen LogP contribution in [0.15, 0.2) is 29.3 Å². The van der Waals surface area contributed by atoms with Gasteiger partial charge in [-0.1, -0.05) is 18.2 Å². The Morgan fingerprint density at radius 1 is 1.36 bits per heavy atom. The van der Waals surface area contributed by atoms with Crippen molar-refractivity contribution in [2.45, 2.75) is 17.7 Å². The maximum atomic E-state index is 6.65. The zero-order chi connectivity index (χ0) is 9.60. The third kappa shape index (κ3) is 1.07. The van der Waals surface area contributed by atoms with E-state index in [0.717, 1.165) is 22.9 Å². The van der Waals surface area contributed by atoms with Gasteiger partial charge in [-0.05, 0) is 24.7 Å².